The molecule has 3 rings (SSSR count). The summed E-state index contributed by atoms with van der Waals surface area (Å²) in [4.78, 5) is 28.4. The number of aryl methyl sites for hydroxylation is 1. The highest BCUT2D eigenvalue weighted by Crippen LogP contribution is 2.34. The molecule has 1 amide bonds. The van der Waals surface area contributed by atoms with Gasteiger partial charge in [-0.1, -0.05) is 12.1 Å². The van der Waals surface area contributed by atoms with Crippen LogP contribution in [0.4, 0.5) is 27.8 Å². The molecule has 1 aromatic heterocycles. The largest absolute Gasteiger partial charge is 0.573 e. The summed E-state index contributed by atoms with van der Waals surface area (Å²) in [7, 11) is 0. The SMILES string of the molecule is Cc1nc(N)c(OC2CN(C(=O)Cc3ccc(OC(F)(F)F)cc3)CC2(F)F)cc1C(=O)O. The Labute approximate surface area is 183 Å². The quantitative estimate of drug-likeness (QED) is 0.618. The molecule has 1 aromatic carbocycles. The number of carbonyl (C=O) groups is 2. The molecule has 33 heavy (non-hydrogen) atoms. The first-order chi connectivity index (χ1) is 15.2. The first-order valence-electron chi connectivity index (χ1n) is 9.42. The van der Waals surface area contributed by atoms with Crippen molar-refractivity contribution in [3.8, 4) is 11.5 Å². The summed E-state index contributed by atoms with van der Waals surface area (Å²) < 4.78 is 74.7. The minimum absolute atomic E-state index is 0.0778. The predicted molar refractivity (Wildman–Crippen MR) is 103 cm³/mol. The molecule has 0 spiro atoms. The lowest BCUT2D eigenvalue weighted by Gasteiger charge is -2.20. The summed E-state index contributed by atoms with van der Waals surface area (Å²) in [6, 6.07) is 5.44. The number of nitrogens with two attached hydrogens (primary N) is 1. The van der Waals surface area contributed by atoms with Crippen molar-refractivity contribution < 1.29 is 46.1 Å². The van der Waals surface area contributed by atoms with E-state index >= 15 is 0 Å². The molecule has 1 unspecified atom stereocenters. The number of rotatable bonds is 6. The highest BCUT2D eigenvalue weighted by atomic mass is 19.4. The minimum Gasteiger partial charge on any atom is -0.478 e. The smallest absolute Gasteiger partial charge is 0.478 e. The second-order valence-electron chi connectivity index (χ2n) is 7.32. The van der Waals surface area contributed by atoms with Crippen molar-refractivity contribution in [3.63, 3.8) is 0 Å². The lowest BCUT2D eigenvalue weighted by Crippen LogP contribution is -2.36. The standard InChI is InChI=1S/C20H18F5N3O5/c1-10-13(18(30)31)7-14(17(26)27-10)32-15-8-28(9-19(15,21)22)16(29)6-11-2-4-12(5-3-11)33-20(23,24)25/h2-5,7,15H,6,8-9H2,1H3,(H2,26,27)(H,30,31). The van der Waals surface area contributed by atoms with E-state index in [4.69, 9.17) is 10.5 Å². The van der Waals surface area contributed by atoms with Crippen molar-refractivity contribution in [2.75, 3.05) is 18.8 Å². The molecule has 3 N–H and O–H groups in total. The third-order valence-corrected chi connectivity index (χ3v) is 4.83. The molecule has 1 fully saturated rings. The average molecular weight is 475 g/mol. The Balaban J connectivity index is 1.68. The first-order valence-corrected chi connectivity index (χ1v) is 9.42. The Kier molecular flexibility index (Phi) is 6.34. The van der Waals surface area contributed by atoms with Gasteiger partial charge in [0.05, 0.1) is 30.8 Å². The van der Waals surface area contributed by atoms with Crippen LogP contribution >= 0.6 is 0 Å². The normalized spacial score (nSPS) is 17.6. The van der Waals surface area contributed by atoms with Gasteiger partial charge in [0.15, 0.2) is 17.7 Å². The van der Waals surface area contributed by atoms with Crippen LogP contribution in [0.3, 0.4) is 0 Å². The number of benzene rings is 1. The van der Waals surface area contributed by atoms with Crippen molar-refractivity contribution >= 4 is 17.7 Å². The molecule has 1 aliphatic rings. The average Bonchev–Trinajstić information content (AvgIpc) is 2.98. The van der Waals surface area contributed by atoms with Crippen LogP contribution in [-0.2, 0) is 11.2 Å². The zero-order valence-electron chi connectivity index (χ0n) is 17.0. The molecule has 0 bridgehead atoms. The lowest BCUT2D eigenvalue weighted by molar-refractivity contribution is -0.274. The van der Waals surface area contributed by atoms with E-state index in [-0.39, 0.29) is 29.2 Å². The molecule has 13 heteroatoms. The van der Waals surface area contributed by atoms with Crippen LogP contribution in [0.15, 0.2) is 30.3 Å². The minimum atomic E-state index is -4.87. The number of anilines is 1. The molecule has 1 atom stereocenters. The number of hydrogen-bond donors (Lipinski definition) is 2. The van der Waals surface area contributed by atoms with Crippen molar-refractivity contribution in [3.05, 3.63) is 47.2 Å². The second-order valence-corrected chi connectivity index (χ2v) is 7.32. The van der Waals surface area contributed by atoms with Crippen LogP contribution in [0, 0.1) is 6.92 Å². The molecule has 1 aliphatic heterocycles. The lowest BCUT2D eigenvalue weighted by atomic mass is 10.1. The van der Waals surface area contributed by atoms with Gasteiger partial charge in [0, 0.05) is 6.07 Å². The van der Waals surface area contributed by atoms with E-state index in [1.165, 1.54) is 19.1 Å². The van der Waals surface area contributed by atoms with Gasteiger partial charge in [-0.25, -0.2) is 18.6 Å². The highest BCUT2D eigenvalue weighted by Gasteiger charge is 2.51. The van der Waals surface area contributed by atoms with Gasteiger partial charge >= 0.3 is 18.3 Å². The van der Waals surface area contributed by atoms with Crippen molar-refractivity contribution in [2.24, 2.45) is 0 Å². The fourth-order valence-corrected chi connectivity index (χ4v) is 3.23. The number of nitrogen functional groups attached to an aromatic ring is 1. The molecular formula is C20H18F5N3O5. The zero-order chi connectivity index (χ0) is 24.6. The molecule has 0 aliphatic carbocycles. The maximum atomic E-state index is 14.5. The Morgan fingerprint density at radius 3 is 2.48 bits per heavy atom. The van der Waals surface area contributed by atoms with E-state index < -0.39 is 49.1 Å². The topological polar surface area (TPSA) is 115 Å². The number of hydrogen-bond acceptors (Lipinski definition) is 6. The summed E-state index contributed by atoms with van der Waals surface area (Å²) in [5, 5.41) is 9.17. The summed E-state index contributed by atoms with van der Waals surface area (Å²) in [6.45, 7) is -0.0937. The van der Waals surface area contributed by atoms with Gasteiger partial charge in [-0.05, 0) is 24.6 Å². The number of nitrogens with zero attached hydrogens (tertiary/aromatic N) is 2. The van der Waals surface area contributed by atoms with Crippen LogP contribution in [0.2, 0.25) is 0 Å². The number of carboxylic acids is 1. The van der Waals surface area contributed by atoms with Gasteiger partial charge in [-0.15, -0.1) is 13.2 Å². The Hall–Kier alpha value is -3.64. The Bertz CT molecular complexity index is 1060. The number of aromatic carboxylic acids is 1. The fourth-order valence-electron chi connectivity index (χ4n) is 3.23. The number of likely N-dealkylation sites (tertiary alicyclic amines) is 1. The van der Waals surface area contributed by atoms with Gasteiger partial charge < -0.3 is 25.2 Å². The van der Waals surface area contributed by atoms with Crippen LogP contribution in [0.25, 0.3) is 0 Å². The Morgan fingerprint density at radius 1 is 1.27 bits per heavy atom. The second kappa shape index (κ2) is 8.71. The van der Waals surface area contributed by atoms with Crippen LogP contribution in [0.5, 0.6) is 11.5 Å². The molecule has 0 radical (unpaired) electrons. The number of alkyl halides is 5. The van der Waals surface area contributed by atoms with Crippen LogP contribution < -0.4 is 15.2 Å². The monoisotopic (exact) mass is 475 g/mol. The van der Waals surface area contributed by atoms with E-state index in [0.717, 1.165) is 23.1 Å². The number of carboxylic acid groups (broad SMARTS) is 1. The molecule has 0 saturated carbocycles. The van der Waals surface area contributed by atoms with Crippen LogP contribution in [-0.4, -0.2) is 58.3 Å². The maximum absolute atomic E-state index is 14.5. The fraction of sp³-hybridized carbons (Fsp3) is 0.350. The summed E-state index contributed by atoms with van der Waals surface area (Å²) in [6.07, 6.45) is -7.01. The van der Waals surface area contributed by atoms with E-state index in [2.05, 4.69) is 9.72 Å². The number of ether oxygens (including phenoxy) is 2. The maximum Gasteiger partial charge on any atom is 0.573 e. The summed E-state index contributed by atoms with van der Waals surface area (Å²) >= 11 is 0. The molecule has 2 aromatic rings. The highest BCUT2D eigenvalue weighted by molar-refractivity contribution is 5.89. The third kappa shape index (κ3) is 5.79. The number of aromatic nitrogens is 1. The van der Waals surface area contributed by atoms with Gasteiger partial charge in [0.25, 0.3) is 0 Å². The predicted octanol–water partition coefficient (Wildman–Crippen LogP) is 3.04. The first kappa shape index (κ1) is 24.0. The molecule has 8 nitrogen and oxygen atoms in total. The van der Waals surface area contributed by atoms with Gasteiger partial charge in [0.1, 0.15) is 5.75 Å². The molecule has 2 heterocycles. The molecular weight excluding hydrogens is 457 g/mol. The van der Waals surface area contributed by atoms with Crippen molar-refractivity contribution in [1.29, 1.82) is 0 Å². The van der Waals surface area contributed by atoms with Crippen LogP contribution in [0.1, 0.15) is 21.6 Å². The number of carbonyl (C=O) groups excluding carboxylic acids is 1. The zero-order valence-corrected chi connectivity index (χ0v) is 17.0. The third-order valence-electron chi connectivity index (χ3n) is 4.83. The van der Waals surface area contributed by atoms with Crippen molar-refractivity contribution in [2.45, 2.75) is 31.7 Å². The number of halogens is 5. The van der Waals surface area contributed by atoms with Gasteiger partial charge in [0.2, 0.25) is 5.91 Å². The summed E-state index contributed by atoms with van der Waals surface area (Å²) in [5.41, 5.74) is 5.77. The van der Waals surface area contributed by atoms with E-state index in [0.29, 0.717) is 5.56 Å². The molecule has 1 saturated heterocycles. The Morgan fingerprint density at radius 2 is 1.91 bits per heavy atom. The number of amides is 1. The van der Waals surface area contributed by atoms with E-state index in [1.807, 2.05) is 0 Å². The molecule has 178 valence electrons. The number of pyridine rings is 1. The van der Waals surface area contributed by atoms with Gasteiger partial charge in [-0.2, -0.15) is 0 Å². The van der Waals surface area contributed by atoms with Gasteiger partial charge in [-0.3, -0.25) is 4.79 Å². The van der Waals surface area contributed by atoms with E-state index in [1.54, 1.807) is 0 Å². The summed E-state index contributed by atoms with van der Waals surface area (Å²) in [5.74, 6) is -6.62. The van der Waals surface area contributed by atoms with Crippen molar-refractivity contribution in [1.82, 2.24) is 9.88 Å². The van der Waals surface area contributed by atoms with E-state index in [9.17, 15) is 36.6 Å².